The second-order valence-electron chi connectivity index (χ2n) is 4.56. The minimum absolute atomic E-state index is 0.344. The third-order valence-corrected chi connectivity index (χ3v) is 2.89. The standard InChI is InChI=1S/C14H21NO2/c1-10(2)12-7-4-11(5-8-12)6-9-13(15)14(16)17-3/h4-5,7-8,10,13H,6,9,15H2,1-3H3. The molecule has 0 aliphatic carbocycles. The van der Waals surface area contributed by atoms with Crippen LogP contribution >= 0.6 is 0 Å². The van der Waals surface area contributed by atoms with E-state index >= 15 is 0 Å². The maximum absolute atomic E-state index is 11.1. The zero-order valence-electron chi connectivity index (χ0n) is 10.8. The number of benzene rings is 1. The van der Waals surface area contributed by atoms with E-state index in [0.717, 1.165) is 6.42 Å². The highest BCUT2D eigenvalue weighted by molar-refractivity contribution is 5.75. The highest BCUT2D eigenvalue weighted by Gasteiger charge is 2.13. The lowest BCUT2D eigenvalue weighted by Gasteiger charge is -2.10. The average Bonchev–Trinajstić information content (AvgIpc) is 2.35. The Morgan fingerprint density at radius 2 is 1.88 bits per heavy atom. The third kappa shape index (κ3) is 4.19. The highest BCUT2D eigenvalue weighted by atomic mass is 16.5. The number of carbonyl (C=O) groups is 1. The summed E-state index contributed by atoms with van der Waals surface area (Å²) in [6, 6.07) is 7.93. The molecule has 3 nitrogen and oxygen atoms in total. The predicted octanol–water partition coefficient (Wildman–Crippen LogP) is 2.24. The topological polar surface area (TPSA) is 52.3 Å². The van der Waals surface area contributed by atoms with Crippen LogP contribution in [0.5, 0.6) is 0 Å². The van der Waals surface area contributed by atoms with Crippen molar-refractivity contribution in [3.05, 3.63) is 35.4 Å². The quantitative estimate of drug-likeness (QED) is 0.796. The molecule has 1 rings (SSSR count). The fraction of sp³-hybridized carbons (Fsp3) is 0.500. The Labute approximate surface area is 103 Å². The van der Waals surface area contributed by atoms with Crippen LogP contribution in [0, 0.1) is 0 Å². The Balaban J connectivity index is 2.50. The van der Waals surface area contributed by atoms with E-state index in [0.29, 0.717) is 12.3 Å². The molecule has 0 aliphatic rings. The molecule has 0 saturated heterocycles. The first-order valence-electron chi connectivity index (χ1n) is 5.97. The zero-order chi connectivity index (χ0) is 12.8. The molecule has 0 fully saturated rings. The summed E-state index contributed by atoms with van der Waals surface area (Å²) >= 11 is 0. The lowest BCUT2D eigenvalue weighted by Crippen LogP contribution is -2.31. The smallest absolute Gasteiger partial charge is 0.322 e. The summed E-state index contributed by atoms with van der Waals surface area (Å²) in [6.45, 7) is 4.34. The molecule has 0 aromatic heterocycles. The maximum atomic E-state index is 11.1. The van der Waals surface area contributed by atoms with Gasteiger partial charge >= 0.3 is 5.97 Å². The first-order valence-corrected chi connectivity index (χ1v) is 5.97. The van der Waals surface area contributed by atoms with E-state index in [9.17, 15) is 4.79 Å². The first kappa shape index (κ1) is 13.7. The third-order valence-electron chi connectivity index (χ3n) is 2.89. The van der Waals surface area contributed by atoms with E-state index < -0.39 is 6.04 Å². The van der Waals surface area contributed by atoms with Gasteiger partial charge in [0.05, 0.1) is 7.11 Å². The molecule has 17 heavy (non-hydrogen) atoms. The number of methoxy groups -OCH3 is 1. The van der Waals surface area contributed by atoms with Crippen LogP contribution in [0.2, 0.25) is 0 Å². The van der Waals surface area contributed by atoms with Crippen molar-refractivity contribution in [3.8, 4) is 0 Å². The van der Waals surface area contributed by atoms with E-state index in [2.05, 4.69) is 42.8 Å². The summed E-state index contributed by atoms with van der Waals surface area (Å²) in [5, 5.41) is 0. The molecule has 0 aliphatic heterocycles. The second kappa shape index (κ2) is 6.40. The summed E-state index contributed by atoms with van der Waals surface area (Å²) in [4.78, 5) is 11.1. The zero-order valence-corrected chi connectivity index (χ0v) is 10.8. The van der Waals surface area contributed by atoms with Crippen molar-refractivity contribution in [1.82, 2.24) is 0 Å². The summed E-state index contributed by atoms with van der Waals surface area (Å²) < 4.78 is 4.59. The van der Waals surface area contributed by atoms with Crippen LogP contribution in [0.1, 0.15) is 37.3 Å². The van der Waals surface area contributed by atoms with Gasteiger partial charge in [-0.15, -0.1) is 0 Å². The van der Waals surface area contributed by atoms with E-state index in [-0.39, 0.29) is 5.97 Å². The number of esters is 1. The van der Waals surface area contributed by atoms with Gasteiger partial charge in [0.2, 0.25) is 0 Å². The van der Waals surface area contributed by atoms with Crippen molar-refractivity contribution < 1.29 is 9.53 Å². The van der Waals surface area contributed by atoms with Crippen molar-refractivity contribution in [2.75, 3.05) is 7.11 Å². The molecule has 94 valence electrons. The van der Waals surface area contributed by atoms with Crippen LogP contribution in [0.25, 0.3) is 0 Å². The largest absolute Gasteiger partial charge is 0.468 e. The van der Waals surface area contributed by atoms with E-state index in [1.54, 1.807) is 0 Å². The van der Waals surface area contributed by atoms with Crippen LogP contribution in [0.3, 0.4) is 0 Å². The van der Waals surface area contributed by atoms with Gasteiger partial charge in [0.1, 0.15) is 6.04 Å². The molecular weight excluding hydrogens is 214 g/mol. The Kier molecular flexibility index (Phi) is 5.16. The number of aryl methyl sites for hydroxylation is 1. The Bertz CT molecular complexity index is 357. The van der Waals surface area contributed by atoms with E-state index in [1.165, 1.54) is 18.2 Å². The normalized spacial score (nSPS) is 12.5. The molecule has 0 saturated carbocycles. The van der Waals surface area contributed by atoms with Crippen LogP contribution < -0.4 is 5.73 Å². The molecule has 1 aromatic carbocycles. The van der Waals surface area contributed by atoms with Crippen LogP contribution in [0.4, 0.5) is 0 Å². The van der Waals surface area contributed by atoms with Gasteiger partial charge in [-0.25, -0.2) is 0 Å². The molecule has 1 aromatic rings. The molecule has 0 radical (unpaired) electrons. The number of ether oxygens (including phenoxy) is 1. The van der Waals surface area contributed by atoms with Crippen LogP contribution in [-0.2, 0) is 16.0 Å². The Morgan fingerprint density at radius 1 is 1.29 bits per heavy atom. The number of rotatable bonds is 5. The minimum atomic E-state index is -0.523. The summed E-state index contributed by atoms with van der Waals surface area (Å²) in [5.74, 6) is 0.199. The van der Waals surface area contributed by atoms with Gasteiger partial charge in [0.15, 0.2) is 0 Å². The molecule has 2 N–H and O–H groups in total. The van der Waals surface area contributed by atoms with Crippen molar-refractivity contribution in [2.24, 2.45) is 5.73 Å². The minimum Gasteiger partial charge on any atom is -0.468 e. The average molecular weight is 235 g/mol. The van der Waals surface area contributed by atoms with Gasteiger partial charge < -0.3 is 10.5 Å². The molecule has 3 heteroatoms. The summed E-state index contributed by atoms with van der Waals surface area (Å²) in [5.41, 5.74) is 8.21. The predicted molar refractivity (Wildman–Crippen MR) is 68.8 cm³/mol. The maximum Gasteiger partial charge on any atom is 0.322 e. The Morgan fingerprint density at radius 3 is 2.35 bits per heavy atom. The van der Waals surface area contributed by atoms with E-state index in [4.69, 9.17) is 5.73 Å². The highest BCUT2D eigenvalue weighted by Crippen LogP contribution is 2.15. The second-order valence-corrected chi connectivity index (χ2v) is 4.56. The first-order chi connectivity index (χ1) is 8.04. The molecular formula is C14H21NO2. The summed E-state index contributed by atoms with van der Waals surface area (Å²) in [6.07, 6.45) is 1.42. The van der Waals surface area contributed by atoms with Gasteiger partial charge in [-0.2, -0.15) is 0 Å². The molecule has 0 amide bonds. The van der Waals surface area contributed by atoms with Gasteiger partial charge in [-0.3, -0.25) is 4.79 Å². The fourth-order valence-corrected chi connectivity index (χ4v) is 1.66. The number of carbonyl (C=O) groups excluding carboxylic acids is 1. The number of hydrogen-bond donors (Lipinski definition) is 1. The summed E-state index contributed by atoms with van der Waals surface area (Å²) in [7, 11) is 1.36. The monoisotopic (exact) mass is 235 g/mol. The lowest BCUT2D eigenvalue weighted by atomic mass is 9.99. The number of nitrogens with two attached hydrogens (primary N) is 1. The van der Waals surface area contributed by atoms with Crippen molar-refractivity contribution in [1.29, 1.82) is 0 Å². The van der Waals surface area contributed by atoms with Crippen LogP contribution in [0.15, 0.2) is 24.3 Å². The molecule has 0 spiro atoms. The molecule has 1 atom stereocenters. The van der Waals surface area contributed by atoms with Gasteiger partial charge in [-0.1, -0.05) is 38.1 Å². The Hall–Kier alpha value is -1.35. The van der Waals surface area contributed by atoms with Crippen molar-refractivity contribution >= 4 is 5.97 Å². The van der Waals surface area contributed by atoms with Crippen molar-refractivity contribution in [3.63, 3.8) is 0 Å². The van der Waals surface area contributed by atoms with E-state index in [1.807, 2.05) is 0 Å². The van der Waals surface area contributed by atoms with Crippen molar-refractivity contribution in [2.45, 2.75) is 38.6 Å². The van der Waals surface area contributed by atoms with Gasteiger partial charge in [-0.05, 0) is 29.9 Å². The molecule has 0 bridgehead atoms. The molecule has 1 unspecified atom stereocenters. The molecule has 0 heterocycles. The van der Waals surface area contributed by atoms with Gasteiger partial charge in [0, 0.05) is 0 Å². The fourth-order valence-electron chi connectivity index (χ4n) is 1.66. The van der Waals surface area contributed by atoms with Gasteiger partial charge in [0.25, 0.3) is 0 Å². The SMILES string of the molecule is COC(=O)C(N)CCc1ccc(C(C)C)cc1. The lowest BCUT2D eigenvalue weighted by molar-refractivity contribution is -0.142. The van der Waals surface area contributed by atoms with Crippen LogP contribution in [-0.4, -0.2) is 19.1 Å². The number of hydrogen-bond acceptors (Lipinski definition) is 3.